The molecule has 2 fully saturated rings. The molecule has 0 saturated carbocycles. The van der Waals surface area contributed by atoms with Crippen molar-refractivity contribution in [1.29, 1.82) is 0 Å². The molecule has 0 aliphatic carbocycles. The molecule has 2 saturated heterocycles. The average molecular weight is 680 g/mol. The second-order valence-corrected chi connectivity index (χ2v) is 14.8. The number of halogens is 3. The van der Waals surface area contributed by atoms with Crippen molar-refractivity contribution in [2.24, 2.45) is 0 Å². The van der Waals surface area contributed by atoms with E-state index in [1.165, 1.54) is 6.07 Å². The number of anilines is 1. The van der Waals surface area contributed by atoms with Crippen LogP contribution in [0.15, 0.2) is 36.5 Å². The van der Waals surface area contributed by atoms with Gasteiger partial charge in [0.2, 0.25) is 0 Å². The molecule has 7 rings (SSSR count). The maximum Gasteiger partial charge on any atom is 0.410 e. The number of nitrogens with zero attached hydrogens (tertiary/aromatic N) is 8. The highest BCUT2D eigenvalue weighted by Gasteiger charge is 2.43. The molecular formula is C34H37Cl2FN8O2. The molecule has 0 spiro atoms. The number of likely N-dealkylation sites (N-methyl/N-ethyl adjacent to an activating group) is 1. The highest BCUT2D eigenvalue weighted by atomic mass is 35.5. The van der Waals surface area contributed by atoms with Crippen molar-refractivity contribution in [2.75, 3.05) is 45.2 Å². The number of carbonyl (C=O) groups excluding carboxylic acids is 1. The fourth-order valence-electron chi connectivity index (χ4n) is 6.64. The van der Waals surface area contributed by atoms with Crippen molar-refractivity contribution in [3.63, 3.8) is 0 Å². The van der Waals surface area contributed by atoms with E-state index in [-0.39, 0.29) is 23.5 Å². The van der Waals surface area contributed by atoms with Crippen LogP contribution in [0.1, 0.15) is 46.6 Å². The molecule has 13 heteroatoms. The molecule has 0 radical (unpaired) electrons. The summed E-state index contributed by atoms with van der Waals surface area (Å²) in [6, 6.07) is 8.28. The van der Waals surface area contributed by atoms with Gasteiger partial charge in [-0.15, -0.1) is 5.10 Å². The predicted octanol–water partition coefficient (Wildman–Crippen LogP) is 7.35. The summed E-state index contributed by atoms with van der Waals surface area (Å²) in [7, 11) is 4.15. The standard InChI is InChI=1S/C34H37Cl2FN8O2/c1-33(2,3)47-32(46)43-14-11-19(12-15-43)45-30-22-16-23(35)25(21-9-10-24(37)20-8-7-13-38-27(20)21)26(36)28(22)39-31(29(30)40-41-45)44-17-34(4,18-44)42(5)6/h7-10,13,16,19H,11-12,14-15,17-18H2,1-6H3. The van der Waals surface area contributed by atoms with Gasteiger partial charge in [0.25, 0.3) is 0 Å². The zero-order chi connectivity index (χ0) is 33.4. The van der Waals surface area contributed by atoms with Crippen LogP contribution in [0, 0.1) is 5.82 Å². The number of fused-ring (bicyclic) bond motifs is 4. The number of hydrogen-bond acceptors (Lipinski definition) is 8. The molecule has 47 heavy (non-hydrogen) atoms. The number of likely N-dealkylation sites (tertiary alicyclic amines) is 1. The van der Waals surface area contributed by atoms with Gasteiger partial charge in [-0.3, -0.25) is 4.98 Å². The second kappa shape index (κ2) is 11.4. The minimum atomic E-state index is -0.564. The summed E-state index contributed by atoms with van der Waals surface area (Å²) in [4.78, 5) is 28.6. The molecule has 246 valence electrons. The third-order valence-electron chi connectivity index (χ3n) is 9.46. The summed E-state index contributed by atoms with van der Waals surface area (Å²) < 4.78 is 22.3. The van der Waals surface area contributed by atoms with Gasteiger partial charge >= 0.3 is 6.09 Å². The van der Waals surface area contributed by atoms with Crippen molar-refractivity contribution in [3.8, 4) is 11.1 Å². The third kappa shape index (κ3) is 5.42. The summed E-state index contributed by atoms with van der Waals surface area (Å²) >= 11 is 14.3. The smallest absolute Gasteiger partial charge is 0.410 e. The Hall–Kier alpha value is -3.80. The quantitative estimate of drug-likeness (QED) is 0.195. The summed E-state index contributed by atoms with van der Waals surface area (Å²) in [5.74, 6) is 0.322. The number of piperidine rings is 1. The van der Waals surface area contributed by atoms with Crippen molar-refractivity contribution in [3.05, 3.63) is 52.4 Å². The van der Waals surface area contributed by atoms with Gasteiger partial charge in [-0.05, 0) is 85.0 Å². The zero-order valence-corrected chi connectivity index (χ0v) is 28.8. The number of pyridine rings is 2. The molecule has 2 aliphatic rings. The molecule has 2 aliphatic heterocycles. The largest absolute Gasteiger partial charge is 0.444 e. The number of aromatic nitrogens is 5. The first-order valence-electron chi connectivity index (χ1n) is 15.8. The van der Waals surface area contributed by atoms with Crippen LogP contribution < -0.4 is 4.90 Å². The van der Waals surface area contributed by atoms with Crippen LogP contribution in [0.2, 0.25) is 10.0 Å². The second-order valence-electron chi connectivity index (χ2n) is 14.1. The first kappa shape index (κ1) is 31.8. The van der Waals surface area contributed by atoms with Crippen molar-refractivity contribution < 1.29 is 13.9 Å². The van der Waals surface area contributed by atoms with Crippen LogP contribution in [-0.2, 0) is 4.74 Å². The lowest BCUT2D eigenvalue weighted by Gasteiger charge is -2.52. The van der Waals surface area contributed by atoms with Gasteiger partial charge in [-0.1, -0.05) is 28.4 Å². The van der Waals surface area contributed by atoms with Gasteiger partial charge in [0.1, 0.15) is 16.9 Å². The molecule has 0 bridgehead atoms. The molecule has 5 aromatic rings. The summed E-state index contributed by atoms with van der Waals surface area (Å²) in [6.45, 7) is 10.4. The van der Waals surface area contributed by atoms with E-state index >= 15 is 0 Å². The molecular weight excluding hydrogens is 642 g/mol. The predicted molar refractivity (Wildman–Crippen MR) is 184 cm³/mol. The SMILES string of the molecule is CN(C)C1(C)CN(c2nc3c(Cl)c(-c4ccc(F)c5cccnc45)c(Cl)cc3c3c2nnn3C2CCN(C(=O)OC(C)(C)C)CC2)C1. The van der Waals surface area contributed by atoms with Crippen LogP contribution in [0.3, 0.4) is 0 Å². The lowest BCUT2D eigenvalue weighted by Crippen LogP contribution is -2.67. The van der Waals surface area contributed by atoms with E-state index in [1.807, 2.05) is 31.5 Å². The number of rotatable bonds is 4. The van der Waals surface area contributed by atoms with Gasteiger partial charge < -0.3 is 19.4 Å². The van der Waals surface area contributed by atoms with Crippen LogP contribution in [0.25, 0.3) is 44.0 Å². The number of amides is 1. The monoisotopic (exact) mass is 678 g/mol. The van der Waals surface area contributed by atoms with E-state index in [1.54, 1.807) is 29.3 Å². The van der Waals surface area contributed by atoms with E-state index in [0.717, 1.165) is 24.0 Å². The number of hydrogen-bond donors (Lipinski definition) is 0. The third-order valence-corrected chi connectivity index (χ3v) is 10.1. The lowest BCUT2D eigenvalue weighted by molar-refractivity contribution is 0.0185. The Balaban J connectivity index is 1.37. The molecule has 2 aromatic carbocycles. The van der Waals surface area contributed by atoms with Crippen molar-refractivity contribution >= 4 is 68.0 Å². The number of ether oxygens (including phenoxy) is 1. The average Bonchev–Trinajstić information content (AvgIpc) is 3.45. The van der Waals surface area contributed by atoms with Crippen LogP contribution in [0.5, 0.6) is 0 Å². The molecule has 5 heterocycles. The highest BCUT2D eigenvalue weighted by molar-refractivity contribution is 6.44. The summed E-state index contributed by atoms with van der Waals surface area (Å²) in [5, 5.41) is 11.2. The van der Waals surface area contributed by atoms with Crippen LogP contribution in [-0.4, -0.2) is 92.3 Å². The van der Waals surface area contributed by atoms with Crippen LogP contribution in [0.4, 0.5) is 15.0 Å². The highest BCUT2D eigenvalue weighted by Crippen LogP contribution is 2.46. The van der Waals surface area contributed by atoms with E-state index < -0.39 is 5.60 Å². The topological polar surface area (TPSA) is 92.5 Å². The minimum Gasteiger partial charge on any atom is -0.444 e. The molecule has 3 aromatic heterocycles. The zero-order valence-electron chi connectivity index (χ0n) is 27.3. The van der Waals surface area contributed by atoms with Gasteiger partial charge in [0, 0.05) is 54.3 Å². The van der Waals surface area contributed by atoms with E-state index in [9.17, 15) is 9.18 Å². The first-order chi connectivity index (χ1) is 22.3. The molecule has 0 unspecified atom stereocenters. The number of carbonyl (C=O) groups is 1. The van der Waals surface area contributed by atoms with Crippen LogP contribution >= 0.6 is 23.2 Å². The van der Waals surface area contributed by atoms with Gasteiger partial charge in [-0.2, -0.15) is 0 Å². The van der Waals surface area contributed by atoms with E-state index in [2.05, 4.69) is 46.1 Å². The van der Waals surface area contributed by atoms with Crippen molar-refractivity contribution in [1.82, 2.24) is 34.8 Å². The Morgan fingerprint density at radius 3 is 2.47 bits per heavy atom. The first-order valence-corrected chi connectivity index (χ1v) is 16.5. The molecule has 1 amide bonds. The van der Waals surface area contributed by atoms with Gasteiger partial charge in [0.15, 0.2) is 11.3 Å². The summed E-state index contributed by atoms with van der Waals surface area (Å²) in [6.07, 6.45) is 2.66. The fraction of sp³-hybridized carbons (Fsp3) is 0.441. The molecule has 0 atom stereocenters. The maximum atomic E-state index is 14.8. The fourth-order valence-corrected chi connectivity index (χ4v) is 7.34. The maximum absolute atomic E-state index is 14.8. The van der Waals surface area contributed by atoms with E-state index in [4.69, 9.17) is 32.9 Å². The Bertz CT molecular complexity index is 2050. The normalized spacial score (nSPS) is 17.2. The Morgan fingerprint density at radius 1 is 1.06 bits per heavy atom. The van der Waals surface area contributed by atoms with Crippen molar-refractivity contribution in [2.45, 2.75) is 57.7 Å². The Labute approximate surface area is 282 Å². The Kier molecular flexibility index (Phi) is 7.72. The molecule has 10 nitrogen and oxygen atoms in total. The molecule has 0 N–H and O–H groups in total. The minimum absolute atomic E-state index is 0.0250. The lowest BCUT2D eigenvalue weighted by atomic mass is 9.90. The summed E-state index contributed by atoms with van der Waals surface area (Å²) in [5.41, 5.74) is 3.03. The van der Waals surface area contributed by atoms with Gasteiger partial charge in [0.05, 0.1) is 32.7 Å². The van der Waals surface area contributed by atoms with Gasteiger partial charge in [-0.25, -0.2) is 18.9 Å². The number of benzene rings is 2. The Morgan fingerprint density at radius 2 is 1.79 bits per heavy atom. The van der Waals surface area contributed by atoms with E-state index in [0.29, 0.717) is 74.9 Å².